The van der Waals surface area contributed by atoms with Crippen molar-refractivity contribution in [1.29, 1.82) is 0 Å². The molecule has 178 valence electrons. The van der Waals surface area contributed by atoms with Crippen molar-refractivity contribution >= 4 is 27.9 Å². The number of hydrogen-bond acceptors (Lipinski definition) is 7. The topological polar surface area (TPSA) is 146 Å². The number of carbonyl (C=O) groups is 1. The van der Waals surface area contributed by atoms with Crippen molar-refractivity contribution in [2.75, 3.05) is 40.1 Å². The molecule has 0 saturated heterocycles. The molecule has 0 bridgehead atoms. The smallest absolute Gasteiger partial charge is 0.261 e. The molecular formula is C22H29N4O6S+. The maximum Gasteiger partial charge on any atom is 0.261 e. The predicted molar refractivity (Wildman–Crippen MR) is 125 cm³/mol. The van der Waals surface area contributed by atoms with Gasteiger partial charge in [0.1, 0.15) is 18.9 Å². The first-order chi connectivity index (χ1) is 15.5. The number of pyridine rings is 1. The lowest BCUT2D eigenvalue weighted by Gasteiger charge is -2.19. The Morgan fingerprint density at radius 2 is 2.06 bits per heavy atom. The van der Waals surface area contributed by atoms with Gasteiger partial charge in [-0.3, -0.25) is 14.3 Å². The van der Waals surface area contributed by atoms with Gasteiger partial charge in [0.05, 0.1) is 38.2 Å². The van der Waals surface area contributed by atoms with Crippen LogP contribution in [0, 0.1) is 0 Å². The second-order valence-electron chi connectivity index (χ2n) is 8.18. The Kier molecular flexibility index (Phi) is 7.67. The molecule has 0 fully saturated rings. The highest BCUT2D eigenvalue weighted by molar-refractivity contribution is 7.85. The highest BCUT2D eigenvalue weighted by Gasteiger charge is 2.26. The molecule has 1 amide bonds. The molecular weight excluding hydrogens is 448 g/mol. The van der Waals surface area contributed by atoms with Crippen molar-refractivity contribution in [3.63, 3.8) is 0 Å². The van der Waals surface area contributed by atoms with Gasteiger partial charge in [0.25, 0.3) is 16.0 Å². The number of primary amides is 1. The number of aryl methyl sites for hydroxylation is 1. The lowest BCUT2D eigenvalue weighted by atomic mass is 9.94. The Morgan fingerprint density at radius 1 is 1.33 bits per heavy atom. The molecule has 0 atom stereocenters. The standard InChI is InChI=1S/C21H24N4O3.CH4O3S/c1-25(2)7-9-27-17-11-16(19-15(5-6-23-19)18(17)20(22)26)14-10-13-4-3-8-28-21(13)24-12-14;1-5(2,3)4/h6,10-12H,3-5,7-9H2,1-2H3,(H2,22,26);1H3,(H,2,3,4)/p+1. The third kappa shape index (κ3) is 6.50. The number of aliphatic imine (C=N–C) groups is 1. The SMILES string of the molecule is CS(=O)(=O)O.C[NH+](C)CCOc1cc(-c2cnc3c(c2)CCCO3)c2c(c1C(N)=O)CC=N2. The first-order valence-corrected chi connectivity index (χ1v) is 12.4. The number of hydrogen-bond donors (Lipinski definition) is 3. The molecule has 2 aliphatic heterocycles. The molecule has 4 N–H and O–H groups in total. The fraction of sp³-hybridized carbons (Fsp3) is 0.409. The number of aromatic nitrogens is 1. The Bertz CT molecular complexity index is 1170. The van der Waals surface area contributed by atoms with Gasteiger partial charge in [-0.05, 0) is 25.0 Å². The Hall–Kier alpha value is -3.02. The van der Waals surface area contributed by atoms with Crippen molar-refractivity contribution in [3.05, 3.63) is 35.0 Å². The minimum absolute atomic E-state index is 0.430. The number of carbonyl (C=O) groups excluding carboxylic acids is 1. The Balaban J connectivity index is 0.000000555. The molecule has 4 rings (SSSR count). The van der Waals surface area contributed by atoms with Crippen LogP contribution < -0.4 is 20.1 Å². The van der Waals surface area contributed by atoms with E-state index in [9.17, 15) is 13.2 Å². The van der Waals surface area contributed by atoms with E-state index < -0.39 is 16.0 Å². The number of quaternary nitrogens is 1. The number of amides is 1. The van der Waals surface area contributed by atoms with Crippen LogP contribution in [0.3, 0.4) is 0 Å². The average molecular weight is 478 g/mol. The number of fused-ring (bicyclic) bond motifs is 2. The van der Waals surface area contributed by atoms with Crippen LogP contribution in [0.4, 0.5) is 5.69 Å². The zero-order chi connectivity index (χ0) is 24.2. The second kappa shape index (κ2) is 10.3. The molecule has 1 aromatic heterocycles. The summed E-state index contributed by atoms with van der Waals surface area (Å²) in [5.41, 5.74) is 10.7. The number of ether oxygens (including phenoxy) is 2. The van der Waals surface area contributed by atoms with Crippen LogP contribution in [0.2, 0.25) is 0 Å². The Morgan fingerprint density at radius 3 is 2.73 bits per heavy atom. The van der Waals surface area contributed by atoms with Crippen LogP contribution in [0.25, 0.3) is 11.1 Å². The fourth-order valence-electron chi connectivity index (χ4n) is 3.63. The van der Waals surface area contributed by atoms with Gasteiger partial charge in [0.2, 0.25) is 5.88 Å². The maximum absolute atomic E-state index is 12.2. The average Bonchev–Trinajstić information content (AvgIpc) is 3.20. The number of benzene rings is 1. The van der Waals surface area contributed by atoms with Crippen molar-refractivity contribution in [1.82, 2.24) is 4.98 Å². The summed E-state index contributed by atoms with van der Waals surface area (Å²) >= 11 is 0. The molecule has 0 radical (unpaired) electrons. The van der Waals surface area contributed by atoms with Crippen molar-refractivity contribution in [2.45, 2.75) is 19.3 Å². The zero-order valence-electron chi connectivity index (χ0n) is 18.9. The van der Waals surface area contributed by atoms with E-state index in [2.05, 4.69) is 30.1 Å². The van der Waals surface area contributed by atoms with Crippen molar-refractivity contribution in [3.8, 4) is 22.8 Å². The number of rotatable bonds is 6. The first kappa shape index (κ1) is 24.6. The van der Waals surface area contributed by atoms with E-state index in [1.807, 2.05) is 12.3 Å². The lowest BCUT2D eigenvalue weighted by Crippen LogP contribution is -3.06. The van der Waals surface area contributed by atoms with E-state index in [-0.39, 0.29) is 0 Å². The van der Waals surface area contributed by atoms with Crippen molar-refractivity contribution < 1.29 is 32.1 Å². The maximum atomic E-state index is 12.2. The summed E-state index contributed by atoms with van der Waals surface area (Å²) in [6.45, 7) is 2.02. The molecule has 0 saturated carbocycles. The van der Waals surface area contributed by atoms with E-state index in [1.165, 1.54) is 4.90 Å². The second-order valence-corrected chi connectivity index (χ2v) is 9.65. The summed E-state index contributed by atoms with van der Waals surface area (Å²) < 4.78 is 37.5. The van der Waals surface area contributed by atoms with Crippen LogP contribution in [0.5, 0.6) is 11.6 Å². The van der Waals surface area contributed by atoms with Crippen molar-refractivity contribution in [2.24, 2.45) is 10.7 Å². The van der Waals surface area contributed by atoms with Crippen LogP contribution in [0.15, 0.2) is 23.3 Å². The third-order valence-corrected chi connectivity index (χ3v) is 5.05. The minimum atomic E-state index is -3.67. The number of likely N-dealkylation sites (N-methyl/N-ethyl adjacent to an activating group) is 1. The van der Waals surface area contributed by atoms with E-state index in [0.717, 1.165) is 47.3 Å². The predicted octanol–water partition coefficient (Wildman–Crippen LogP) is 0.458. The molecule has 0 unspecified atom stereocenters. The van der Waals surface area contributed by atoms with Crippen LogP contribution in [-0.4, -0.2) is 70.2 Å². The molecule has 1 aromatic carbocycles. The van der Waals surface area contributed by atoms with Crippen LogP contribution >= 0.6 is 0 Å². The summed E-state index contributed by atoms with van der Waals surface area (Å²) in [6.07, 6.45) is 6.81. The highest BCUT2D eigenvalue weighted by atomic mass is 32.2. The van der Waals surface area contributed by atoms with E-state index in [4.69, 9.17) is 19.8 Å². The molecule has 0 spiro atoms. The van der Waals surface area contributed by atoms with Gasteiger partial charge in [0.15, 0.2) is 0 Å². The van der Waals surface area contributed by atoms with E-state index in [1.54, 1.807) is 6.20 Å². The third-order valence-electron chi connectivity index (χ3n) is 5.05. The van der Waals surface area contributed by atoms with Crippen LogP contribution in [-0.2, 0) is 23.0 Å². The first-order valence-electron chi connectivity index (χ1n) is 10.5. The lowest BCUT2D eigenvalue weighted by molar-refractivity contribution is -0.858. The van der Waals surface area contributed by atoms with Gasteiger partial charge in [-0.1, -0.05) is 0 Å². The number of nitrogens with zero attached hydrogens (tertiary/aromatic N) is 2. The summed E-state index contributed by atoms with van der Waals surface area (Å²) in [4.78, 5) is 22.5. The molecule has 10 nitrogen and oxygen atoms in total. The molecule has 33 heavy (non-hydrogen) atoms. The minimum Gasteiger partial charge on any atom is -0.487 e. The highest BCUT2D eigenvalue weighted by Crippen LogP contribution is 2.43. The monoisotopic (exact) mass is 477 g/mol. The zero-order valence-corrected chi connectivity index (χ0v) is 19.7. The van der Waals surface area contributed by atoms with Gasteiger partial charge in [0, 0.05) is 41.1 Å². The quantitative estimate of drug-likeness (QED) is 0.512. The van der Waals surface area contributed by atoms with Gasteiger partial charge in [-0.25, -0.2) is 4.98 Å². The summed E-state index contributed by atoms with van der Waals surface area (Å²) in [6, 6.07) is 3.97. The van der Waals surface area contributed by atoms with E-state index in [0.29, 0.717) is 43.1 Å². The summed E-state index contributed by atoms with van der Waals surface area (Å²) in [5, 5.41) is 0. The van der Waals surface area contributed by atoms with Gasteiger partial charge >= 0.3 is 0 Å². The fourth-order valence-corrected chi connectivity index (χ4v) is 3.63. The van der Waals surface area contributed by atoms with E-state index >= 15 is 0 Å². The molecule has 3 heterocycles. The molecule has 0 aliphatic carbocycles. The molecule has 2 aromatic rings. The van der Waals surface area contributed by atoms with Crippen LogP contribution in [0.1, 0.15) is 27.9 Å². The van der Waals surface area contributed by atoms with Gasteiger partial charge in [-0.2, -0.15) is 8.42 Å². The normalized spacial score (nSPS) is 14.1. The number of nitrogens with one attached hydrogen (secondary N) is 1. The van der Waals surface area contributed by atoms with Gasteiger partial charge in [-0.15, -0.1) is 0 Å². The van der Waals surface area contributed by atoms with Gasteiger partial charge < -0.3 is 20.1 Å². The molecule has 11 heteroatoms. The molecule has 2 aliphatic rings. The number of nitrogens with two attached hydrogens (primary N) is 1. The Labute approximate surface area is 193 Å². The summed E-state index contributed by atoms with van der Waals surface area (Å²) in [7, 11) is 0.447. The summed E-state index contributed by atoms with van der Waals surface area (Å²) in [5.74, 6) is 0.730. The largest absolute Gasteiger partial charge is 0.487 e.